The summed E-state index contributed by atoms with van der Waals surface area (Å²) in [6, 6.07) is 3.45. The molecule has 1 N–H and O–H groups in total. The fourth-order valence-corrected chi connectivity index (χ4v) is 2.37. The molecule has 0 fully saturated rings. The molecule has 1 unspecified atom stereocenters. The summed E-state index contributed by atoms with van der Waals surface area (Å²) in [6.07, 6.45) is -4.58. The Balaban J connectivity index is 2.89. The second-order valence-electron chi connectivity index (χ2n) is 5.78. The first-order valence-corrected chi connectivity index (χ1v) is 7.84. The average Bonchev–Trinajstić information content (AvgIpc) is 2.44. The number of hydrogen-bond acceptors (Lipinski definition) is 2. The number of amides is 1. The predicted molar refractivity (Wildman–Crippen MR) is 86.6 cm³/mol. The van der Waals surface area contributed by atoms with Gasteiger partial charge in [0.2, 0.25) is 5.91 Å². The van der Waals surface area contributed by atoms with E-state index in [4.69, 9.17) is 11.6 Å². The van der Waals surface area contributed by atoms with Gasteiger partial charge in [0.05, 0.1) is 17.8 Å². The molecule has 130 valence electrons. The number of nitrogens with zero attached hydrogens (tertiary/aromatic N) is 1. The molecule has 0 radical (unpaired) electrons. The Morgan fingerprint density at radius 1 is 1.30 bits per heavy atom. The standard InChI is InChI=1S/C16H22ClF3N2O/c1-5-22(11(4)10(2)3)9-15(23)21-14-7-6-12(17)8-13(14)16(18,19)20/h6-8,10-11H,5,9H2,1-4H3,(H,21,23). The van der Waals surface area contributed by atoms with Gasteiger partial charge in [0.25, 0.3) is 0 Å². The molecule has 7 heteroatoms. The molecule has 0 aromatic heterocycles. The van der Waals surface area contributed by atoms with E-state index in [2.05, 4.69) is 5.32 Å². The second-order valence-corrected chi connectivity index (χ2v) is 6.22. The number of alkyl halides is 3. The lowest BCUT2D eigenvalue weighted by atomic mass is 10.0. The molecule has 1 aromatic rings. The first-order valence-electron chi connectivity index (χ1n) is 7.46. The number of carbonyl (C=O) groups excluding carboxylic acids is 1. The maximum absolute atomic E-state index is 13.0. The zero-order valence-electron chi connectivity index (χ0n) is 13.7. The van der Waals surface area contributed by atoms with Crippen LogP contribution in [0.3, 0.4) is 0 Å². The third-order valence-electron chi connectivity index (χ3n) is 3.85. The molecule has 0 spiro atoms. The van der Waals surface area contributed by atoms with Crippen LogP contribution >= 0.6 is 11.6 Å². The molecule has 1 atom stereocenters. The van der Waals surface area contributed by atoms with Crippen LogP contribution in [0.15, 0.2) is 18.2 Å². The van der Waals surface area contributed by atoms with E-state index in [1.54, 1.807) is 0 Å². The lowest BCUT2D eigenvalue weighted by Gasteiger charge is -2.30. The number of benzene rings is 1. The van der Waals surface area contributed by atoms with Crippen molar-refractivity contribution in [3.63, 3.8) is 0 Å². The van der Waals surface area contributed by atoms with Gasteiger partial charge in [-0.25, -0.2) is 0 Å². The van der Waals surface area contributed by atoms with E-state index in [0.717, 1.165) is 6.07 Å². The van der Waals surface area contributed by atoms with E-state index in [1.165, 1.54) is 12.1 Å². The van der Waals surface area contributed by atoms with Gasteiger partial charge < -0.3 is 5.32 Å². The van der Waals surface area contributed by atoms with E-state index < -0.39 is 17.6 Å². The lowest BCUT2D eigenvalue weighted by molar-refractivity contribution is -0.137. The van der Waals surface area contributed by atoms with Gasteiger partial charge >= 0.3 is 6.18 Å². The van der Waals surface area contributed by atoms with Crippen molar-refractivity contribution in [2.24, 2.45) is 5.92 Å². The maximum atomic E-state index is 13.0. The molecular weight excluding hydrogens is 329 g/mol. The Morgan fingerprint density at radius 2 is 1.91 bits per heavy atom. The molecule has 1 rings (SSSR count). The van der Waals surface area contributed by atoms with Gasteiger partial charge in [-0.3, -0.25) is 9.69 Å². The number of anilines is 1. The van der Waals surface area contributed by atoms with Gasteiger partial charge in [-0.1, -0.05) is 32.4 Å². The van der Waals surface area contributed by atoms with Gasteiger partial charge in [-0.2, -0.15) is 13.2 Å². The molecule has 0 heterocycles. The SMILES string of the molecule is CCN(CC(=O)Nc1ccc(Cl)cc1C(F)(F)F)C(C)C(C)C. The van der Waals surface area contributed by atoms with E-state index >= 15 is 0 Å². The van der Waals surface area contributed by atoms with Crippen LogP contribution in [0.2, 0.25) is 5.02 Å². The largest absolute Gasteiger partial charge is 0.418 e. The van der Waals surface area contributed by atoms with Crippen LogP contribution in [0, 0.1) is 5.92 Å². The molecule has 0 aliphatic heterocycles. The molecule has 23 heavy (non-hydrogen) atoms. The van der Waals surface area contributed by atoms with Crippen LogP contribution < -0.4 is 5.32 Å². The fourth-order valence-electron chi connectivity index (χ4n) is 2.20. The Labute approximate surface area is 139 Å². The van der Waals surface area contributed by atoms with E-state index in [1.807, 2.05) is 32.6 Å². The van der Waals surface area contributed by atoms with Crippen LogP contribution in [0.25, 0.3) is 0 Å². The van der Waals surface area contributed by atoms with Crippen molar-refractivity contribution in [1.82, 2.24) is 4.90 Å². The van der Waals surface area contributed by atoms with Crippen LogP contribution in [-0.2, 0) is 11.0 Å². The van der Waals surface area contributed by atoms with E-state index in [0.29, 0.717) is 12.5 Å². The second kappa shape index (κ2) is 8.02. The van der Waals surface area contributed by atoms with Gasteiger partial charge in [0, 0.05) is 11.1 Å². The lowest BCUT2D eigenvalue weighted by Crippen LogP contribution is -2.41. The summed E-state index contributed by atoms with van der Waals surface area (Å²) in [4.78, 5) is 14.0. The molecule has 3 nitrogen and oxygen atoms in total. The average molecular weight is 351 g/mol. The normalized spacial score (nSPS) is 13.5. The molecule has 0 aliphatic carbocycles. The van der Waals surface area contributed by atoms with Crippen molar-refractivity contribution >= 4 is 23.2 Å². The van der Waals surface area contributed by atoms with Crippen molar-refractivity contribution in [2.75, 3.05) is 18.4 Å². The highest BCUT2D eigenvalue weighted by Gasteiger charge is 2.34. The quantitative estimate of drug-likeness (QED) is 0.809. The third-order valence-corrected chi connectivity index (χ3v) is 4.09. The molecular formula is C16H22ClF3N2O. The Morgan fingerprint density at radius 3 is 2.39 bits per heavy atom. The highest BCUT2D eigenvalue weighted by atomic mass is 35.5. The van der Waals surface area contributed by atoms with Crippen molar-refractivity contribution in [3.8, 4) is 0 Å². The smallest absolute Gasteiger partial charge is 0.324 e. The van der Waals surface area contributed by atoms with Crippen LogP contribution in [0.4, 0.5) is 18.9 Å². The zero-order chi connectivity index (χ0) is 17.8. The minimum atomic E-state index is -4.58. The monoisotopic (exact) mass is 350 g/mol. The number of likely N-dealkylation sites (N-methyl/N-ethyl adjacent to an activating group) is 1. The van der Waals surface area contributed by atoms with Gasteiger partial charge in [0.1, 0.15) is 0 Å². The topological polar surface area (TPSA) is 32.3 Å². The number of rotatable bonds is 6. The Hall–Kier alpha value is -1.27. The molecule has 1 amide bonds. The summed E-state index contributed by atoms with van der Waals surface area (Å²) in [6.45, 7) is 8.65. The van der Waals surface area contributed by atoms with Gasteiger partial charge in [-0.05, 0) is 37.6 Å². The summed E-state index contributed by atoms with van der Waals surface area (Å²) in [5, 5.41) is 2.31. The molecule has 0 aliphatic rings. The van der Waals surface area contributed by atoms with Crippen LogP contribution in [0.5, 0.6) is 0 Å². The minimum absolute atomic E-state index is 0.0288. The molecule has 0 saturated carbocycles. The van der Waals surface area contributed by atoms with Gasteiger partial charge in [0.15, 0.2) is 0 Å². The highest BCUT2D eigenvalue weighted by Crippen LogP contribution is 2.36. The summed E-state index contributed by atoms with van der Waals surface area (Å²) in [5.41, 5.74) is -1.22. The first kappa shape index (κ1) is 19.8. The Bertz CT molecular complexity index is 547. The maximum Gasteiger partial charge on any atom is 0.418 e. The number of hydrogen-bond donors (Lipinski definition) is 1. The van der Waals surface area contributed by atoms with Crippen molar-refractivity contribution in [3.05, 3.63) is 28.8 Å². The fraction of sp³-hybridized carbons (Fsp3) is 0.562. The third kappa shape index (κ3) is 5.70. The minimum Gasteiger partial charge on any atom is -0.324 e. The highest BCUT2D eigenvalue weighted by molar-refractivity contribution is 6.30. The predicted octanol–water partition coefficient (Wildman–Crippen LogP) is 4.66. The molecule has 1 aromatic carbocycles. The summed E-state index contributed by atoms with van der Waals surface area (Å²) >= 11 is 5.62. The molecule has 0 bridgehead atoms. The van der Waals surface area contributed by atoms with Gasteiger partial charge in [-0.15, -0.1) is 0 Å². The zero-order valence-corrected chi connectivity index (χ0v) is 14.4. The van der Waals surface area contributed by atoms with Crippen molar-refractivity contribution in [1.29, 1.82) is 0 Å². The van der Waals surface area contributed by atoms with Crippen molar-refractivity contribution < 1.29 is 18.0 Å². The number of carbonyl (C=O) groups is 1. The van der Waals surface area contributed by atoms with Crippen LogP contribution in [-0.4, -0.2) is 29.9 Å². The summed E-state index contributed by atoms with van der Waals surface area (Å²) in [7, 11) is 0. The van der Waals surface area contributed by atoms with Crippen molar-refractivity contribution in [2.45, 2.75) is 39.9 Å². The van der Waals surface area contributed by atoms with Crippen LogP contribution in [0.1, 0.15) is 33.3 Å². The van der Waals surface area contributed by atoms with E-state index in [9.17, 15) is 18.0 Å². The molecule has 0 saturated heterocycles. The Kier molecular flexibility index (Phi) is 6.89. The first-order chi connectivity index (χ1) is 10.6. The summed E-state index contributed by atoms with van der Waals surface area (Å²) < 4.78 is 39.1. The number of halogens is 4. The number of nitrogens with one attached hydrogen (secondary N) is 1. The van der Waals surface area contributed by atoms with E-state index in [-0.39, 0.29) is 23.3 Å². The summed E-state index contributed by atoms with van der Waals surface area (Å²) in [5.74, 6) is -0.142.